The number of hydrogen-bond acceptors (Lipinski definition) is 7. The minimum atomic E-state index is -0.0166. The van der Waals surface area contributed by atoms with E-state index in [0.29, 0.717) is 6.61 Å². The van der Waals surface area contributed by atoms with Crippen LogP contribution in [0.3, 0.4) is 0 Å². The fraction of sp³-hybridized carbons (Fsp3) is 0.417. The van der Waals surface area contributed by atoms with Crippen LogP contribution in [0.25, 0.3) is 0 Å². The number of likely N-dealkylation sites (tertiary alicyclic amines) is 1. The standard InChI is InChI=1S/C24H30N4O2S/c1-4-30-23-8-7-18(11-19(23)14-29)13-28-9-5-6-22(28)21-12-20(10-16(2)25-21)27-24-26-17(3)15-31-24/h7-8,10-12,15,22,29H,4-6,9,13-14H2,1-3H3,(H,25,26,27). The highest BCUT2D eigenvalue weighted by molar-refractivity contribution is 7.13. The van der Waals surface area contributed by atoms with Crippen LogP contribution >= 0.6 is 11.3 Å². The number of nitrogens with zero attached hydrogens (tertiary/aromatic N) is 3. The minimum Gasteiger partial charge on any atom is -0.494 e. The van der Waals surface area contributed by atoms with Gasteiger partial charge in [0.1, 0.15) is 5.75 Å². The quantitative estimate of drug-likeness (QED) is 0.508. The number of aliphatic hydroxyl groups is 1. The van der Waals surface area contributed by atoms with Crippen molar-refractivity contribution in [3.8, 4) is 5.75 Å². The zero-order valence-electron chi connectivity index (χ0n) is 18.4. The molecule has 1 aliphatic heterocycles. The van der Waals surface area contributed by atoms with Gasteiger partial charge in [0.05, 0.1) is 30.6 Å². The highest BCUT2D eigenvalue weighted by Gasteiger charge is 2.28. The Kier molecular flexibility index (Phi) is 6.85. The first-order valence-electron chi connectivity index (χ1n) is 10.8. The Morgan fingerprint density at radius 1 is 1.19 bits per heavy atom. The average Bonchev–Trinajstić information content (AvgIpc) is 3.37. The van der Waals surface area contributed by atoms with E-state index in [1.807, 2.05) is 32.2 Å². The molecule has 4 rings (SSSR count). The number of benzene rings is 1. The number of nitrogens with one attached hydrogen (secondary N) is 1. The number of hydrogen-bond donors (Lipinski definition) is 2. The van der Waals surface area contributed by atoms with Gasteiger partial charge in [0.2, 0.25) is 0 Å². The van der Waals surface area contributed by atoms with Crippen molar-refractivity contribution in [2.24, 2.45) is 0 Å². The van der Waals surface area contributed by atoms with Crippen molar-refractivity contribution in [3.63, 3.8) is 0 Å². The molecule has 7 heteroatoms. The Morgan fingerprint density at radius 2 is 2.06 bits per heavy atom. The summed E-state index contributed by atoms with van der Waals surface area (Å²) in [5.41, 5.74) is 6.19. The number of aliphatic hydroxyl groups excluding tert-OH is 1. The molecule has 0 amide bonds. The molecule has 1 saturated heterocycles. The molecule has 1 atom stereocenters. The molecule has 31 heavy (non-hydrogen) atoms. The maximum atomic E-state index is 9.73. The van der Waals surface area contributed by atoms with E-state index >= 15 is 0 Å². The molecule has 3 heterocycles. The Bertz CT molecular complexity index is 1040. The summed E-state index contributed by atoms with van der Waals surface area (Å²) in [5.74, 6) is 0.764. The Balaban J connectivity index is 1.53. The van der Waals surface area contributed by atoms with Gasteiger partial charge in [-0.15, -0.1) is 11.3 Å². The lowest BCUT2D eigenvalue weighted by atomic mass is 10.1. The largest absolute Gasteiger partial charge is 0.494 e. The van der Waals surface area contributed by atoms with Gasteiger partial charge in [-0.05, 0) is 70.0 Å². The molecule has 1 unspecified atom stereocenters. The summed E-state index contributed by atoms with van der Waals surface area (Å²) >= 11 is 1.61. The lowest BCUT2D eigenvalue weighted by Crippen LogP contribution is -2.23. The van der Waals surface area contributed by atoms with Gasteiger partial charge in [-0.25, -0.2) is 4.98 Å². The van der Waals surface area contributed by atoms with Crippen LogP contribution in [0.5, 0.6) is 5.75 Å². The summed E-state index contributed by atoms with van der Waals surface area (Å²) in [6.07, 6.45) is 2.24. The van der Waals surface area contributed by atoms with E-state index in [9.17, 15) is 5.11 Å². The van der Waals surface area contributed by atoms with Gasteiger partial charge in [-0.3, -0.25) is 9.88 Å². The number of pyridine rings is 1. The molecule has 0 spiro atoms. The fourth-order valence-corrected chi connectivity index (χ4v) is 4.92. The van der Waals surface area contributed by atoms with Crippen molar-refractivity contribution >= 4 is 22.2 Å². The number of rotatable bonds is 8. The fourth-order valence-electron chi connectivity index (χ4n) is 4.21. The average molecular weight is 439 g/mol. The van der Waals surface area contributed by atoms with Crippen molar-refractivity contribution in [2.45, 2.75) is 52.8 Å². The highest BCUT2D eigenvalue weighted by atomic mass is 32.1. The molecule has 2 aromatic heterocycles. The van der Waals surface area contributed by atoms with Crippen molar-refractivity contribution in [1.82, 2.24) is 14.9 Å². The van der Waals surface area contributed by atoms with E-state index in [4.69, 9.17) is 9.72 Å². The summed E-state index contributed by atoms with van der Waals surface area (Å²) in [5, 5.41) is 16.1. The molecule has 0 radical (unpaired) electrons. The van der Waals surface area contributed by atoms with Gasteiger partial charge in [-0.1, -0.05) is 6.07 Å². The highest BCUT2D eigenvalue weighted by Crippen LogP contribution is 2.34. The predicted molar refractivity (Wildman–Crippen MR) is 125 cm³/mol. The third-order valence-electron chi connectivity index (χ3n) is 5.53. The predicted octanol–water partition coefficient (Wildman–Crippen LogP) is 5.13. The van der Waals surface area contributed by atoms with Crippen LogP contribution in [0, 0.1) is 13.8 Å². The molecular weight excluding hydrogens is 408 g/mol. The Labute approximate surface area is 187 Å². The molecule has 1 aliphatic rings. The van der Waals surface area contributed by atoms with E-state index in [2.05, 4.69) is 39.5 Å². The third kappa shape index (κ3) is 5.23. The van der Waals surface area contributed by atoms with Crippen LogP contribution < -0.4 is 10.1 Å². The van der Waals surface area contributed by atoms with Crippen molar-refractivity contribution in [1.29, 1.82) is 0 Å². The van der Waals surface area contributed by atoms with Crippen LogP contribution in [0.1, 0.15) is 54.0 Å². The monoisotopic (exact) mass is 438 g/mol. The maximum absolute atomic E-state index is 9.73. The first kappa shape index (κ1) is 21.7. The topological polar surface area (TPSA) is 70.5 Å². The van der Waals surface area contributed by atoms with Gasteiger partial charge < -0.3 is 15.2 Å². The summed E-state index contributed by atoms with van der Waals surface area (Å²) in [7, 11) is 0. The number of thiazole rings is 1. The summed E-state index contributed by atoms with van der Waals surface area (Å²) in [6.45, 7) is 8.45. The van der Waals surface area contributed by atoms with Crippen LogP contribution in [0.15, 0.2) is 35.7 Å². The second-order valence-corrected chi connectivity index (χ2v) is 8.86. The second kappa shape index (κ2) is 9.77. The molecule has 1 fully saturated rings. The number of ether oxygens (including phenoxy) is 1. The van der Waals surface area contributed by atoms with E-state index in [0.717, 1.165) is 65.1 Å². The van der Waals surface area contributed by atoms with Crippen molar-refractivity contribution in [3.05, 3.63) is 63.9 Å². The third-order valence-corrected chi connectivity index (χ3v) is 6.40. The maximum Gasteiger partial charge on any atom is 0.187 e. The molecule has 0 aliphatic carbocycles. The van der Waals surface area contributed by atoms with Crippen LogP contribution in [-0.4, -0.2) is 33.1 Å². The first-order chi connectivity index (χ1) is 15.1. The zero-order valence-corrected chi connectivity index (χ0v) is 19.2. The van der Waals surface area contributed by atoms with Crippen LogP contribution in [0.2, 0.25) is 0 Å². The van der Waals surface area contributed by atoms with E-state index in [-0.39, 0.29) is 12.6 Å². The zero-order chi connectivity index (χ0) is 21.8. The molecule has 6 nitrogen and oxygen atoms in total. The number of anilines is 2. The minimum absolute atomic E-state index is 0.0166. The number of aromatic nitrogens is 2. The molecule has 3 aromatic rings. The molecular formula is C24H30N4O2S. The summed E-state index contributed by atoms with van der Waals surface area (Å²) in [6, 6.07) is 10.6. The van der Waals surface area contributed by atoms with E-state index < -0.39 is 0 Å². The van der Waals surface area contributed by atoms with E-state index in [1.54, 1.807) is 11.3 Å². The second-order valence-electron chi connectivity index (χ2n) is 8.00. The molecule has 0 saturated carbocycles. The Morgan fingerprint density at radius 3 is 2.81 bits per heavy atom. The van der Waals surface area contributed by atoms with Gasteiger partial charge in [0.25, 0.3) is 0 Å². The van der Waals surface area contributed by atoms with Crippen molar-refractivity contribution < 1.29 is 9.84 Å². The Hall–Kier alpha value is -2.48. The van der Waals surface area contributed by atoms with Gasteiger partial charge >= 0.3 is 0 Å². The van der Waals surface area contributed by atoms with E-state index in [1.165, 1.54) is 5.56 Å². The molecule has 1 aromatic carbocycles. The van der Waals surface area contributed by atoms with Gasteiger partial charge in [0.15, 0.2) is 5.13 Å². The lowest BCUT2D eigenvalue weighted by molar-refractivity contribution is 0.242. The molecule has 2 N–H and O–H groups in total. The molecule has 0 bridgehead atoms. The van der Waals surface area contributed by atoms with Gasteiger partial charge in [0, 0.05) is 28.9 Å². The first-order valence-corrected chi connectivity index (χ1v) is 11.7. The van der Waals surface area contributed by atoms with Gasteiger partial charge in [-0.2, -0.15) is 0 Å². The number of aryl methyl sites for hydroxylation is 2. The smallest absolute Gasteiger partial charge is 0.187 e. The van der Waals surface area contributed by atoms with Crippen LogP contribution in [-0.2, 0) is 13.2 Å². The normalized spacial score (nSPS) is 16.6. The summed E-state index contributed by atoms with van der Waals surface area (Å²) in [4.78, 5) is 11.9. The SMILES string of the molecule is CCOc1ccc(CN2CCCC2c2cc(Nc3nc(C)cs3)cc(C)n2)cc1CO. The van der Waals surface area contributed by atoms with Crippen molar-refractivity contribution in [2.75, 3.05) is 18.5 Å². The summed E-state index contributed by atoms with van der Waals surface area (Å²) < 4.78 is 5.63. The lowest BCUT2D eigenvalue weighted by Gasteiger charge is -2.25. The van der Waals surface area contributed by atoms with Crippen LogP contribution in [0.4, 0.5) is 10.8 Å². The molecule has 164 valence electrons.